The van der Waals surface area contributed by atoms with E-state index < -0.39 is 0 Å². The van der Waals surface area contributed by atoms with Gasteiger partial charge in [0, 0.05) is 13.0 Å². The second-order valence-corrected chi connectivity index (χ2v) is 7.13. The van der Waals surface area contributed by atoms with Crippen molar-refractivity contribution >= 4 is 6.03 Å². The third-order valence-electron chi connectivity index (χ3n) is 5.31. The van der Waals surface area contributed by atoms with Gasteiger partial charge in [0.1, 0.15) is 11.9 Å². The number of hydrogen-bond donors (Lipinski definition) is 1. The summed E-state index contributed by atoms with van der Waals surface area (Å²) in [5.74, 6) is 1.86. The smallest absolute Gasteiger partial charge is 0.318 e. The third-order valence-corrected chi connectivity index (χ3v) is 5.31. The maximum atomic E-state index is 12.8. The zero-order chi connectivity index (χ0) is 18.1. The summed E-state index contributed by atoms with van der Waals surface area (Å²) in [6.07, 6.45) is 1.99. The summed E-state index contributed by atoms with van der Waals surface area (Å²) in [7, 11) is 0. The molecule has 2 aromatic rings. The molecule has 2 aliphatic heterocycles. The molecule has 3 heterocycles. The lowest BCUT2D eigenvalue weighted by Gasteiger charge is -2.38. The summed E-state index contributed by atoms with van der Waals surface area (Å²) in [4.78, 5) is 14.6. The van der Waals surface area contributed by atoms with Gasteiger partial charge in [-0.05, 0) is 31.4 Å². The molecule has 4 rings (SSSR count). The highest BCUT2D eigenvalue weighted by atomic mass is 16.5. The highest BCUT2D eigenvalue weighted by Gasteiger charge is 2.31. The van der Waals surface area contributed by atoms with Crippen molar-refractivity contribution < 1.29 is 9.53 Å². The molecule has 2 amide bonds. The SMILES string of the molecule is Cc1ccccc1[C@@H]1CN(C(=O)NCc2nnc3n2CCC3)[C@@H](C)CO1. The van der Waals surface area contributed by atoms with Gasteiger partial charge >= 0.3 is 6.03 Å². The van der Waals surface area contributed by atoms with E-state index in [1.165, 1.54) is 5.56 Å². The van der Waals surface area contributed by atoms with E-state index in [0.717, 1.165) is 36.6 Å². The lowest BCUT2D eigenvalue weighted by atomic mass is 10.0. The van der Waals surface area contributed by atoms with Gasteiger partial charge in [0.15, 0.2) is 5.82 Å². The molecule has 1 fully saturated rings. The molecule has 7 nitrogen and oxygen atoms in total. The van der Waals surface area contributed by atoms with Gasteiger partial charge in [0.05, 0.1) is 25.7 Å². The summed E-state index contributed by atoms with van der Waals surface area (Å²) < 4.78 is 8.11. The number of carbonyl (C=O) groups excluding carboxylic acids is 1. The van der Waals surface area contributed by atoms with Crippen LogP contribution >= 0.6 is 0 Å². The molecular weight excluding hydrogens is 330 g/mol. The Morgan fingerprint density at radius 2 is 2.19 bits per heavy atom. The number of morpholine rings is 1. The van der Waals surface area contributed by atoms with Crippen LogP contribution in [0.3, 0.4) is 0 Å². The van der Waals surface area contributed by atoms with Gasteiger partial charge in [-0.2, -0.15) is 0 Å². The molecular formula is C19H25N5O2. The van der Waals surface area contributed by atoms with Crippen LogP contribution in [-0.4, -0.2) is 44.9 Å². The van der Waals surface area contributed by atoms with Gasteiger partial charge < -0.3 is 19.5 Å². The Labute approximate surface area is 153 Å². The van der Waals surface area contributed by atoms with E-state index in [0.29, 0.717) is 19.7 Å². The van der Waals surface area contributed by atoms with E-state index in [9.17, 15) is 4.79 Å². The maximum absolute atomic E-state index is 12.8. The van der Waals surface area contributed by atoms with Crippen LogP contribution in [0.5, 0.6) is 0 Å². The van der Waals surface area contributed by atoms with Crippen molar-refractivity contribution in [3.8, 4) is 0 Å². The zero-order valence-corrected chi connectivity index (χ0v) is 15.3. The Balaban J connectivity index is 1.42. The number of amides is 2. The van der Waals surface area contributed by atoms with Crippen LogP contribution in [0.1, 0.15) is 42.2 Å². The molecule has 0 radical (unpaired) electrons. The number of aryl methyl sites for hydroxylation is 2. The largest absolute Gasteiger partial charge is 0.370 e. The third kappa shape index (κ3) is 3.19. The topological polar surface area (TPSA) is 72.3 Å². The number of carbonyl (C=O) groups is 1. The van der Waals surface area contributed by atoms with Gasteiger partial charge in [0.25, 0.3) is 0 Å². The molecule has 2 atom stereocenters. The van der Waals surface area contributed by atoms with Gasteiger partial charge in [-0.3, -0.25) is 0 Å². The second-order valence-electron chi connectivity index (χ2n) is 7.13. The predicted molar refractivity (Wildman–Crippen MR) is 96.6 cm³/mol. The predicted octanol–water partition coefficient (Wildman–Crippen LogP) is 2.20. The van der Waals surface area contributed by atoms with E-state index in [1.807, 2.05) is 24.0 Å². The Morgan fingerprint density at radius 3 is 3.04 bits per heavy atom. The number of urea groups is 1. The van der Waals surface area contributed by atoms with E-state index in [-0.39, 0.29) is 18.2 Å². The van der Waals surface area contributed by atoms with Crippen LogP contribution in [0.2, 0.25) is 0 Å². The molecule has 26 heavy (non-hydrogen) atoms. The molecule has 138 valence electrons. The summed E-state index contributed by atoms with van der Waals surface area (Å²) in [5.41, 5.74) is 2.33. The van der Waals surface area contributed by atoms with E-state index in [2.05, 4.69) is 39.1 Å². The molecule has 1 saturated heterocycles. The maximum Gasteiger partial charge on any atom is 0.318 e. The van der Waals surface area contributed by atoms with Crippen LogP contribution in [0.4, 0.5) is 4.79 Å². The fourth-order valence-electron chi connectivity index (χ4n) is 3.77. The van der Waals surface area contributed by atoms with Gasteiger partial charge in [0.2, 0.25) is 0 Å². The van der Waals surface area contributed by atoms with Crippen molar-refractivity contribution in [2.24, 2.45) is 0 Å². The molecule has 1 N–H and O–H groups in total. The molecule has 0 saturated carbocycles. The van der Waals surface area contributed by atoms with Crippen molar-refractivity contribution in [3.63, 3.8) is 0 Å². The fraction of sp³-hybridized carbons (Fsp3) is 0.526. The van der Waals surface area contributed by atoms with Crippen molar-refractivity contribution in [2.75, 3.05) is 13.2 Å². The summed E-state index contributed by atoms with van der Waals surface area (Å²) >= 11 is 0. The first kappa shape index (κ1) is 17.0. The standard InChI is InChI=1S/C19H25N5O2/c1-13-6-3-4-7-15(13)16-11-24(14(2)12-26-16)19(25)20-10-18-22-21-17-8-5-9-23(17)18/h3-4,6-7,14,16H,5,8-12H2,1-2H3,(H,20,25)/t14-,16-/m0/s1. The molecule has 1 aromatic heterocycles. The Hall–Kier alpha value is -2.41. The first-order valence-corrected chi connectivity index (χ1v) is 9.26. The minimum Gasteiger partial charge on any atom is -0.370 e. The molecule has 7 heteroatoms. The Morgan fingerprint density at radius 1 is 1.35 bits per heavy atom. The quantitative estimate of drug-likeness (QED) is 0.916. The van der Waals surface area contributed by atoms with Gasteiger partial charge in [-0.15, -0.1) is 10.2 Å². The number of ether oxygens (including phenoxy) is 1. The van der Waals surface area contributed by atoms with Crippen molar-refractivity contribution in [3.05, 3.63) is 47.0 Å². The normalized spacial score (nSPS) is 22.3. The number of nitrogens with zero attached hydrogens (tertiary/aromatic N) is 4. The average Bonchev–Trinajstić information content (AvgIpc) is 3.25. The summed E-state index contributed by atoms with van der Waals surface area (Å²) in [6.45, 7) is 6.53. The van der Waals surface area contributed by atoms with Crippen molar-refractivity contribution in [1.29, 1.82) is 0 Å². The molecule has 0 aliphatic carbocycles. The van der Waals surface area contributed by atoms with Crippen LogP contribution in [0, 0.1) is 6.92 Å². The number of aromatic nitrogens is 3. The lowest BCUT2D eigenvalue weighted by Crippen LogP contribution is -2.52. The first-order chi connectivity index (χ1) is 12.6. The second kappa shape index (κ2) is 7.07. The van der Waals surface area contributed by atoms with Crippen LogP contribution in [-0.2, 0) is 24.2 Å². The average molecular weight is 355 g/mol. The number of nitrogens with one attached hydrogen (secondary N) is 1. The Bertz CT molecular complexity index is 803. The first-order valence-electron chi connectivity index (χ1n) is 9.26. The van der Waals surface area contributed by atoms with Crippen molar-refractivity contribution in [1.82, 2.24) is 25.0 Å². The molecule has 1 aromatic carbocycles. The Kier molecular flexibility index (Phi) is 4.63. The monoisotopic (exact) mass is 355 g/mol. The number of fused-ring (bicyclic) bond motifs is 1. The van der Waals surface area contributed by atoms with Crippen LogP contribution < -0.4 is 5.32 Å². The minimum atomic E-state index is -0.0875. The minimum absolute atomic E-state index is 0.0411. The van der Waals surface area contributed by atoms with E-state index in [4.69, 9.17) is 4.74 Å². The molecule has 0 spiro atoms. The number of benzene rings is 1. The number of rotatable bonds is 3. The van der Waals surface area contributed by atoms with Gasteiger partial charge in [-0.25, -0.2) is 4.79 Å². The molecule has 0 bridgehead atoms. The van der Waals surface area contributed by atoms with Gasteiger partial charge in [-0.1, -0.05) is 24.3 Å². The van der Waals surface area contributed by atoms with Crippen LogP contribution in [0.25, 0.3) is 0 Å². The highest BCUT2D eigenvalue weighted by molar-refractivity contribution is 5.74. The molecule has 0 unspecified atom stereocenters. The van der Waals surface area contributed by atoms with E-state index in [1.54, 1.807) is 0 Å². The fourth-order valence-corrected chi connectivity index (χ4v) is 3.77. The molecule has 2 aliphatic rings. The summed E-state index contributed by atoms with van der Waals surface area (Å²) in [5, 5.41) is 11.4. The lowest BCUT2D eigenvalue weighted by molar-refractivity contribution is -0.0431. The zero-order valence-electron chi connectivity index (χ0n) is 15.3. The van der Waals surface area contributed by atoms with Crippen LogP contribution in [0.15, 0.2) is 24.3 Å². The number of hydrogen-bond acceptors (Lipinski definition) is 4. The summed E-state index contributed by atoms with van der Waals surface area (Å²) in [6, 6.07) is 8.15. The van der Waals surface area contributed by atoms with Crippen molar-refractivity contribution in [2.45, 2.75) is 51.9 Å². The highest BCUT2D eigenvalue weighted by Crippen LogP contribution is 2.27. The van der Waals surface area contributed by atoms with E-state index >= 15 is 0 Å².